The minimum absolute atomic E-state index is 0.0237. The minimum atomic E-state index is -5.04. The quantitative estimate of drug-likeness (QED) is 0.677. The molecule has 1 amide bonds. The van der Waals surface area contributed by atoms with Gasteiger partial charge >= 0.3 is 6.36 Å². The van der Waals surface area contributed by atoms with Crippen molar-refractivity contribution in [2.75, 3.05) is 26.2 Å². The number of halogens is 4. The van der Waals surface area contributed by atoms with Crippen LogP contribution in [0.3, 0.4) is 0 Å². The fourth-order valence-corrected chi connectivity index (χ4v) is 4.71. The molecule has 0 saturated carbocycles. The van der Waals surface area contributed by atoms with Crippen molar-refractivity contribution in [3.63, 3.8) is 0 Å². The first-order valence-electron chi connectivity index (χ1n) is 8.98. The van der Waals surface area contributed by atoms with Gasteiger partial charge in [-0.1, -0.05) is 12.1 Å². The summed E-state index contributed by atoms with van der Waals surface area (Å²) in [4.78, 5) is 13.4. The van der Waals surface area contributed by atoms with E-state index >= 15 is 0 Å². The zero-order valence-electron chi connectivity index (χ0n) is 15.6. The molecule has 0 bridgehead atoms. The molecule has 0 aromatic heterocycles. The average molecular weight is 446 g/mol. The van der Waals surface area contributed by atoms with E-state index in [1.807, 2.05) is 0 Å². The first-order valence-corrected chi connectivity index (χ1v) is 10.4. The van der Waals surface area contributed by atoms with Crippen LogP contribution in [0.4, 0.5) is 17.6 Å². The highest BCUT2D eigenvalue weighted by molar-refractivity contribution is 7.89. The molecule has 6 nitrogen and oxygen atoms in total. The zero-order valence-corrected chi connectivity index (χ0v) is 16.4. The van der Waals surface area contributed by atoms with Crippen molar-refractivity contribution in [1.82, 2.24) is 9.21 Å². The number of para-hydroxylation sites is 1. The molecule has 162 valence electrons. The molecule has 0 N–H and O–H groups in total. The third-order valence-electron chi connectivity index (χ3n) is 4.53. The Kier molecular flexibility index (Phi) is 6.32. The van der Waals surface area contributed by atoms with Crippen molar-refractivity contribution >= 4 is 15.9 Å². The van der Waals surface area contributed by atoms with E-state index < -0.39 is 32.8 Å². The monoisotopic (exact) mass is 446 g/mol. The summed E-state index contributed by atoms with van der Waals surface area (Å²) in [7, 11) is -4.29. The van der Waals surface area contributed by atoms with Crippen LogP contribution >= 0.6 is 0 Å². The van der Waals surface area contributed by atoms with Crippen LogP contribution in [0.1, 0.15) is 16.8 Å². The maximum atomic E-state index is 13.1. The van der Waals surface area contributed by atoms with Crippen LogP contribution in [0.25, 0.3) is 0 Å². The number of nitrogens with zero attached hydrogens (tertiary/aromatic N) is 2. The van der Waals surface area contributed by atoms with Gasteiger partial charge in [-0.25, -0.2) is 12.8 Å². The highest BCUT2D eigenvalue weighted by atomic mass is 32.2. The Morgan fingerprint density at radius 3 is 2.27 bits per heavy atom. The second kappa shape index (κ2) is 8.60. The van der Waals surface area contributed by atoms with E-state index in [1.165, 1.54) is 29.2 Å². The topological polar surface area (TPSA) is 66.9 Å². The summed E-state index contributed by atoms with van der Waals surface area (Å²) >= 11 is 0. The normalized spacial score (nSPS) is 16.2. The Morgan fingerprint density at radius 1 is 0.933 bits per heavy atom. The fraction of sp³-hybridized carbons (Fsp3) is 0.316. The van der Waals surface area contributed by atoms with Gasteiger partial charge in [0.1, 0.15) is 16.5 Å². The summed E-state index contributed by atoms with van der Waals surface area (Å²) in [6.45, 7) is 0.214. The van der Waals surface area contributed by atoms with Gasteiger partial charge in [-0.3, -0.25) is 4.79 Å². The number of carbonyl (C=O) groups is 1. The number of alkyl halides is 3. The van der Waals surface area contributed by atoms with E-state index in [-0.39, 0.29) is 44.1 Å². The van der Waals surface area contributed by atoms with Crippen molar-refractivity contribution in [1.29, 1.82) is 0 Å². The molecule has 1 aliphatic heterocycles. The molecule has 0 radical (unpaired) electrons. The number of sulfonamides is 1. The van der Waals surface area contributed by atoms with Crippen LogP contribution in [-0.4, -0.2) is 56.1 Å². The Labute approximate surface area is 170 Å². The predicted molar refractivity (Wildman–Crippen MR) is 98.8 cm³/mol. The van der Waals surface area contributed by atoms with E-state index in [1.54, 1.807) is 0 Å². The molecule has 1 saturated heterocycles. The van der Waals surface area contributed by atoms with Gasteiger partial charge in [-0.05, 0) is 42.8 Å². The molecule has 0 aliphatic carbocycles. The number of ether oxygens (including phenoxy) is 1. The molecule has 0 unspecified atom stereocenters. The SMILES string of the molecule is O=C(c1ccc(F)cc1)N1CCCN(S(=O)(=O)c2ccccc2OC(F)(F)F)CC1. The van der Waals surface area contributed by atoms with Crippen LogP contribution in [0, 0.1) is 5.82 Å². The molecular weight excluding hydrogens is 428 g/mol. The molecule has 2 aromatic carbocycles. The van der Waals surface area contributed by atoms with E-state index in [0.717, 1.165) is 28.6 Å². The van der Waals surface area contributed by atoms with Gasteiger partial charge in [-0.2, -0.15) is 4.31 Å². The third kappa shape index (κ3) is 5.08. The standard InChI is InChI=1S/C19H18F4N2O4S/c20-15-8-6-14(7-9-15)18(26)24-10-3-11-25(13-12-24)30(27,28)17-5-2-1-4-16(17)29-19(21,22)23/h1-2,4-9H,3,10-13H2. The summed E-state index contributed by atoms with van der Waals surface area (Å²) < 4.78 is 81.8. The molecule has 1 fully saturated rings. The van der Waals surface area contributed by atoms with Crippen molar-refractivity contribution in [2.45, 2.75) is 17.7 Å². The number of hydrogen-bond acceptors (Lipinski definition) is 4. The summed E-state index contributed by atoms with van der Waals surface area (Å²) in [6.07, 6.45) is -4.75. The highest BCUT2D eigenvalue weighted by Crippen LogP contribution is 2.31. The predicted octanol–water partition coefficient (Wildman–Crippen LogP) is 3.26. The van der Waals surface area contributed by atoms with Crippen molar-refractivity contribution in [2.24, 2.45) is 0 Å². The fourth-order valence-electron chi connectivity index (χ4n) is 3.12. The Balaban J connectivity index is 1.78. The Bertz CT molecular complexity index is 1010. The molecular formula is C19H18F4N2O4S. The summed E-state index contributed by atoms with van der Waals surface area (Å²) in [5.74, 6) is -1.68. The van der Waals surface area contributed by atoms with Crippen molar-refractivity contribution in [3.05, 3.63) is 59.9 Å². The van der Waals surface area contributed by atoms with Crippen LogP contribution < -0.4 is 4.74 Å². The lowest BCUT2D eigenvalue weighted by Crippen LogP contribution is -2.37. The van der Waals surface area contributed by atoms with E-state index in [9.17, 15) is 30.8 Å². The van der Waals surface area contributed by atoms with Gasteiger partial charge in [0.2, 0.25) is 10.0 Å². The number of carbonyl (C=O) groups excluding carboxylic acids is 1. The number of amides is 1. The van der Waals surface area contributed by atoms with Crippen LogP contribution in [-0.2, 0) is 10.0 Å². The van der Waals surface area contributed by atoms with Gasteiger partial charge in [0, 0.05) is 31.7 Å². The molecule has 2 aromatic rings. The Morgan fingerprint density at radius 2 is 1.60 bits per heavy atom. The summed E-state index contributed by atoms with van der Waals surface area (Å²) in [6, 6.07) is 9.50. The van der Waals surface area contributed by atoms with Gasteiger partial charge in [0.15, 0.2) is 0 Å². The maximum absolute atomic E-state index is 13.1. The van der Waals surface area contributed by atoms with Crippen LogP contribution in [0.2, 0.25) is 0 Å². The third-order valence-corrected chi connectivity index (χ3v) is 6.46. The zero-order chi connectivity index (χ0) is 21.9. The highest BCUT2D eigenvalue weighted by Gasteiger charge is 2.36. The average Bonchev–Trinajstić information content (AvgIpc) is 2.94. The molecule has 11 heteroatoms. The number of benzene rings is 2. The van der Waals surface area contributed by atoms with Gasteiger partial charge < -0.3 is 9.64 Å². The van der Waals surface area contributed by atoms with Crippen molar-refractivity contribution in [3.8, 4) is 5.75 Å². The number of rotatable bonds is 4. The van der Waals surface area contributed by atoms with Gasteiger partial charge in [0.25, 0.3) is 5.91 Å². The first kappa shape index (κ1) is 22.0. The van der Waals surface area contributed by atoms with Crippen LogP contribution in [0.5, 0.6) is 5.75 Å². The minimum Gasteiger partial charge on any atom is -0.404 e. The van der Waals surface area contributed by atoms with Crippen LogP contribution in [0.15, 0.2) is 53.4 Å². The summed E-state index contributed by atoms with van der Waals surface area (Å²) in [5, 5.41) is 0. The van der Waals surface area contributed by atoms with Crippen molar-refractivity contribution < 1.29 is 35.5 Å². The first-order chi connectivity index (χ1) is 14.1. The second-order valence-corrected chi connectivity index (χ2v) is 8.46. The summed E-state index contributed by atoms with van der Waals surface area (Å²) in [5.41, 5.74) is 0.261. The Hall–Kier alpha value is -2.66. The van der Waals surface area contributed by atoms with E-state index in [4.69, 9.17) is 0 Å². The second-order valence-electron chi connectivity index (χ2n) is 6.55. The number of hydrogen-bond donors (Lipinski definition) is 0. The lowest BCUT2D eigenvalue weighted by molar-refractivity contribution is -0.275. The lowest BCUT2D eigenvalue weighted by Gasteiger charge is -2.23. The maximum Gasteiger partial charge on any atom is 0.573 e. The molecule has 1 aliphatic rings. The smallest absolute Gasteiger partial charge is 0.404 e. The van der Waals surface area contributed by atoms with E-state index in [2.05, 4.69) is 4.74 Å². The lowest BCUT2D eigenvalue weighted by atomic mass is 10.2. The molecule has 30 heavy (non-hydrogen) atoms. The molecule has 0 atom stereocenters. The molecule has 0 spiro atoms. The molecule has 1 heterocycles. The molecule has 3 rings (SSSR count). The largest absolute Gasteiger partial charge is 0.573 e. The van der Waals surface area contributed by atoms with Gasteiger partial charge in [0.05, 0.1) is 0 Å². The van der Waals surface area contributed by atoms with E-state index in [0.29, 0.717) is 0 Å². The van der Waals surface area contributed by atoms with Gasteiger partial charge in [-0.15, -0.1) is 13.2 Å².